The Morgan fingerprint density at radius 2 is 1.74 bits per heavy atom. The molecular formula is C25H24N8O5. The maximum atomic E-state index is 10.9. The number of ether oxygens (including phenoxy) is 2. The zero-order valence-corrected chi connectivity index (χ0v) is 20.4. The zero-order valence-electron chi connectivity index (χ0n) is 20.4. The minimum Gasteiger partial charge on any atom is -0.497 e. The molecule has 13 heteroatoms. The Labute approximate surface area is 217 Å². The molecule has 4 aromatic rings. The summed E-state index contributed by atoms with van der Waals surface area (Å²) in [5, 5.41) is 18.3. The number of hydrogen-bond acceptors (Lipinski definition) is 12. The molecule has 0 aliphatic carbocycles. The molecule has 0 unspecified atom stereocenters. The maximum Gasteiger partial charge on any atom is 0.269 e. The average molecular weight is 517 g/mol. The molecule has 13 nitrogen and oxygen atoms in total. The first-order valence-corrected chi connectivity index (χ1v) is 11.7. The van der Waals surface area contributed by atoms with Crippen LogP contribution >= 0.6 is 0 Å². The number of aromatic nitrogens is 3. The Hall–Kier alpha value is -5.04. The van der Waals surface area contributed by atoms with Crippen LogP contribution in [0.3, 0.4) is 0 Å². The van der Waals surface area contributed by atoms with Crippen LogP contribution in [0.4, 0.5) is 29.2 Å². The van der Waals surface area contributed by atoms with Crippen LogP contribution in [0.2, 0.25) is 0 Å². The van der Waals surface area contributed by atoms with Gasteiger partial charge in [0.05, 0.1) is 31.5 Å². The molecule has 2 aromatic carbocycles. The summed E-state index contributed by atoms with van der Waals surface area (Å²) < 4.78 is 16.4. The molecule has 0 atom stereocenters. The highest BCUT2D eigenvalue weighted by molar-refractivity contribution is 5.78. The summed E-state index contributed by atoms with van der Waals surface area (Å²) in [6, 6.07) is 17.0. The van der Waals surface area contributed by atoms with Crippen molar-refractivity contribution in [3.05, 3.63) is 76.5 Å². The predicted octanol–water partition coefficient (Wildman–Crippen LogP) is 4.07. The number of nitrogens with zero attached hydrogens (tertiary/aromatic N) is 6. The minimum atomic E-state index is -0.445. The number of nitrogens with one attached hydrogen (secondary N) is 2. The maximum absolute atomic E-state index is 10.9. The molecule has 3 heterocycles. The van der Waals surface area contributed by atoms with E-state index in [-0.39, 0.29) is 11.6 Å². The summed E-state index contributed by atoms with van der Waals surface area (Å²) in [6.07, 6.45) is 1.49. The van der Waals surface area contributed by atoms with Gasteiger partial charge in [0, 0.05) is 36.5 Å². The topological polar surface area (TPSA) is 153 Å². The van der Waals surface area contributed by atoms with E-state index in [1.54, 1.807) is 31.4 Å². The van der Waals surface area contributed by atoms with Crippen LogP contribution in [0.25, 0.3) is 11.3 Å². The molecule has 1 fully saturated rings. The lowest BCUT2D eigenvalue weighted by Gasteiger charge is -2.27. The van der Waals surface area contributed by atoms with E-state index in [0.29, 0.717) is 55.3 Å². The Morgan fingerprint density at radius 3 is 2.45 bits per heavy atom. The van der Waals surface area contributed by atoms with Crippen molar-refractivity contribution in [1.82, 2.24) is 15.0 Å². The fourth-order valence-corrected chi connectivity index (χ4v) is 3.66. The molecule has 0 radical (unpaired) electrons. The van der Waals surface area contributed by atoms with E-state index in [9.17, 15) is 10.1 Å². The second kappa shape index (κ2) is 11.3. The van der Waals surface area contributed by atoms with Gasteiger partial charge >= 0.3 is 0 Å². The van der Waals surface area contributed by atoms with Gasteiger partial charge in [0.1, 0.15) is 17.3 Å². The van der Waals surface area contributed by atoms with Crippen molar-refractivity contribution in [2.75, 3.05) is 49.1 Å². The zero-order chi connectivity index (χ0) is 26.3. The van der Waals surface area contributed by atoms with Crippen LogP contribution in [0.1, 0.15) is 5.76 Å². The molecule has 38 heavy (non-hydrogen) atoms. The molecule has 0 bridgehead atoms. The van der Waals surface area contributed by atoms with Gasteiger partial charge in [0.2, 0.25) is 17.8 Å². The number of methoxy groups -OCH3 is 1. The largest absolute Gasteiger partial charge is 0.497 e. The first-order chi connectivity index (χ1) is 18.6. The number of rotatable bonds is 9. The molecule has 1 aliphatic rings. The quantitative estimate of drug-likeness (QED) is 0.188. The van der Waals surface area contributed by atoms with Gasteiger partial charge in [-0.1, -0.05) is 0 Å². The summed E-state index contributed by atoms with van der Waals surface area (Å²) in [5.74, 6) is 2.87. The number of benzene rings is 2. The van der Waals surface area contributed by atoms with E-state index in [1.807, 2.05) is 29.2 Å². The first-order valence-electron chi connectivity index (χ1n) is 11.7. The molecule has 1 aliphatic heterocycles. The van der Waals surface area contributed by atoms with E-state index in [1.165, 1.54) is 18.3 Å². The Balaban J connectivity index is 1.31. The summed E-state index contributed by atoms with van der Waals surface area (Å²) in [5.41, 5.74) is 4.35. The number of anilines is 4. The second-order valence-corrected chi connectivity index (χ2v) is 8.11. The van der Waals surface area contributed by atoms with Crippen LogP contribution in [0.15, 0.2) is 70.2 Å². The summed E-state index contributed by atoms with van der Waals surface area (Å²) in [4.78, 5) is 26.0. The third kappa shape index (κ3) is 6.02. The van der Waals surface area contributed by atoms with Crippen molar-refractivity contribution in [3.8, 4) is 17.1 Å². The highest BCUT2D eigenvalue weighted by Gasteiger charge is 2.17. The number of nitro groups is 1. The van der Waals surface area contributed by atoms with Crippen molar-refractivity contribution < 1.29 is 18.8 Å². The lowest BCUT2D eigenvalue weighted by atomic mass is 10.1. The fraction of sp³-hybridized carbons (Fsp3) is 0.200. The number of furan rings is 1. The van der Waals surface area contributed by atoms with Crippen LogP contribution in [-0.4, -0.2) is 59.5 Å². The highest BCUT2D eigenvalue weighted by Crippen LogP contribution is 2.24. The lowest BCUT2D eigenvalue weighted by molar-refractivity contribution is -0.384. The van der Waals surface area contributed by atoms with Crippen LogP contribution in [0.5, 0.6) is 5.75 Å². The smallest absolute Gasteiger partial charge is 0.269 e. The minimum absolute atomic E-state index is 0.0148. The molecule has 0 amide bonds. The van der Waals surface area contributed by atoms with E-state index in [2.05, 4.69) is 30.8 Å². The number of morpholine rings is 1. The Bertz CT molecular complexity index is 1420. The van der Waals surface area contributed by atoms with Crippen molar-refractivity contribution in [2.24, 2.45) is 5.10 Å². The van der Waals surface area contributed by atoms with Crippen LogP contribution < -0.4 is 20.4 Å². The predicted molar refractivity (Wildman–Crippen MR) is 141 cm³/mol. The molecule has 2 aromatic heterocycles. The van der Waals surface area contributed by atoms with Gasteiger partial charge in [-0.25, -0.2) is 5.43 Å². The first kappa shape index (κ1) is 24.6. The lowest BCUT2D eigenvalue weighted by Crippen LogP contribution is -2.37. The standard InChI is InChI=1S/C25H24N8O5/c1-36-20-8-4-18(5-9-20)27-23-28-24(30-25(29-23)32-12-14-37-15-13-32)31-26-16-21-10-11-22(38-21)17-2-6-19(7-3-17)33(34)35/h2-11,16H,12-15H2,1H3,(H2,27,28,29,30,31)/b26-16+. The Kier molecular flexibility index (Phi) is 7.36. The number of non-ortho nitro benzene ring substituents is 1. The molecule has 2 N–H and O–H groups in total. The molecule has 5 rings (SSSR count). The van der Waals surface area contributed by atoms with Gasteiger partial charge in [0.25, 0.3) is 5.69 Å². The normalized spacial score (nSPS) is 13.4. The fourth-order valence-electron chi connectivity index (χ4n) is 3.66. The monoisotopic (exact) mass is 516 g/mol. The van der Waals surface area contributed by atoms with Crippen molar-refractivity contribution in [3.63, 3.8) is 0 Å². The number of hydrogen-bond donors (Lipinski definition) is 2. The Morgan fingerprint density at radius 1 is 1.00 bits per heavy atom. The molecule has 0 saturated carbocycles. The summed E-state index contributed by atoms with van der Waals surface area (Å²) in [7, 11) is 1.61. The highest BCUT2D eigenvalue weighted by atomic mass is 16.6. The van der Waals surface area contributed by atoms with Crippen LogP contribution in [0, 0.1) is 10.1 Å². The van der Waals surface area contributed by atoms with Gasteiger partial charge in [-0.05, 0) is 48.5 Å². The molecular weight excluding hydrogens is 492 g/mol. The molecule has 0 spiro atoms. The van der Waals surface area contributed by atoms with Crippen molar-refractivity contribution in [1.29, 1.82) is 0 Å². The SMILES string of the molecule is COc1ccc(Nc2nc(N/N=C/c3ccc(-c4ccc([N+](=O)[O-])cc4)o3)nc(N3CCOCC3)n2)cc1. The van der Waals surface area contributed by atoms with E-state index in [0.717, 1.165) is 11.4 Å². The number of nitro benzene ring substituents is 1. The average Bonchev–Trinajstić information content (AvgIpc) is 3.43. The summed E-state index contributed by atoms with van der Waals surface area (Å²) in [6.45, 7) is 2.49. The van der Waals surface area contributed by atoms with Crippen molar-refractivity contribution in [2.45, 2.75) is 0 Å². The van der Waals surface area contributed by atoms with Gasteiger partial charge in [-0.3, -0.25) is 10.1 Å². The number of hydrazone groups is 1. The summed E-state index contributed by atoms with van der Waals surface area (Å²) >= 11 is 0. The van der Waals surface area contributed by atoms with Gasteiger partial charge in [0.15, 0.2) is 0 Å². The van der Waals surface area contributed by atoms with Gasteiger partial charge in [-0.2, -0.15) is 20.1 Å². The van der Waals surface area contributed by atoms with Gasteiger partial charge in [-0.15, -0.1) is 0 Å². The van der Waals surface area contributed by atoms with E-state index in [4.69, 9.17) is 13.9 Å². The third-order valence-electron chi connectivity index (χ3n) is 5.61. The van der Waals surface area contributed by atoms with Crippen LogP contribution in [-0.2, 0) is 4.74 Å². The van der Waals surface area contributed by atoms with Crippen molar-refractivity contribution >= 4 is 35.4 Å². The third-order valence-corrected chi connectivity index (χ3v) is 5.61. The second-order valence-electron chi connectivity index (χ2n) is 8.11. The van der Waals surface area contributed by atoms with Gasteiger partial charge < -0.3 is 24.1 Å². The van der Waals surface area contributed by atoms with E-state index >= 15 is 0 Å². The molecule has 194 valence electrons. The van der Waals surface area contributed by atoms with E-state index < -0.39 is 4.92 Å². The molecule has 1 saturated heterocycles.